The predicted octanol–water partition coefficient (Wildman–Crippen LogP) is 15.3. The Morgan fingerprint density at radius 2 is 0.500 bits per heavy atom. The fourth-order valence-electron chi connectivity index (χ4n) is 7.21. The summed E-state index contributed by atoms with van der Waals surface area (Å²) in [5.41, 5.74) is 0. The van der Waals surface area contributed by atoms with E-state index in [1.54, 1.807) is 0 Å². The molecule has 6 nitrogen and oxygen atoms in total. The van der Waals surface area contributed by atoms with Crippen LogP contribution < -0.4 is 0 Å². The Balaban J connectivity index is 4.12. The number of rotatable bonds is 44. The zero-order valence-corrected chi connectivity index (χ0v) is 36.5. The zero-order valence-electron chi connectivity index (χ0n) is 36.5. The molecule has 320 valence electrons. The summed E-state index contributed by atoms with van der Waals surface area (Å²) >= 11 is 0. The Morgan fingerprint density at radius 1 is 0.296 bits per heavy atom. The Bertz CT molecular complexity index is 798. The first-order chi connectivity index (χ1) is 26.5. The van der Waals surface area contributed by atoms with Gasteiger partial charge in [0.15, 0.2) is 6.10 Å². The Hall–Kier alpha value is -1.59. The van der Waals surface area contributed by atoms with Crippen LogP contribution in [-0.4, -0.2) is 37.2 Å². The molecule has 0 rings (SSSR count). The molecule has 0 fully saturated rings. The lowest BCUT2D eigenvalue weighted by Gasteiger charge is -2.18. The highest BCUT2D eigenvalue weighted by Gasteiger charge is 2.19. The van der Waals surface area contributed by atoms with E-state index >= 15 is 0 Å². The van der Waals surface area contributed by atoms with Crippen LogP contribution in [0.25, 0.3) is 0 Å². The van der Waals surface area contributed by atoms with Crippen molar-refractivity contribution >= 4 is 17.9 Å². The summed E-state index contributed by atoms with van der Waals surface area (Å²) in [4.78, 5) is 37.6. The van der Waals surface area contributed by atoms with E-state index in [9.17, 15) is 14.4 Å². The lowest BCUT2D eigenvalue weighted by Crippen LogP contribution is -2.30. The molecule has 1 atom stereocenters. The molecule has 0 aromatic heterocycles. The van der Waals surface area contributed by atoms with Crippen LogP contribution in [0.1, 0.15) is 271 Å². The second kappa shape index (κ2) is 44.1. The molecule has 0 unspecified atom stereocenters. The van der Waals surface area contributed by atoms with Gasteiger partial charge >= 0.3 is 17.9 Å². The van der Waals surface area contributed by atoms with Crippen molar-refractivity contribution in [1.29, 1.82) is 0 Å². The smallest absolute Gasteiger partial charge is 0.306 e. The summed E-state index contributed by atoms with van der Waals surface area (Å²) in [5.74, 6) is -0.857. The number of esters is 3. The minimum absolute atomic E-state index is 0.0632. The first-order valence-electron chi connectivity index (χ1n) is 24.0. The van der Waals surface area contributed by atoms with Crippen molar-refractivity contribution in [3.05, 3.63) is 0 Å². The summed E-state index contributed by atoms with van der Waals surface area (Å²) < 4.78 is 16.7. The second-order valence-corrected chi connectivity index (χ2v) is 16.4. The van der Waals surface area contributed by atoms with Gasteiger partial charge in [0.25, 0.3) is 0 Å². The van der Waals surface area contributed by atoms with E-state index in [4.69, 9.17) is 14.2 Å². The Kier molecular flexibility index (Phi) is 42.8. The summed E-state index contributed by atoms with van der Waals surface area (Å²) in [6, 6.07) is 0. The molecule has 0 N–H and O–H groups in total. The van der Waals surface area contributed by atoms with Crippen LogP contribution >= 0.6 is 0 Å². The molecule has 6 heteroatoms. The molecule has 0 bridgehead atoms. The van der Waals surface area contributed by atoms with Gasteiger partial charge in [0.05, 0.1) is 0 Å². The van der Waals surface area contributed by atoms with Crippen LogP contribution in [0.15, 0.2) is 0 Å². The van der Waals surface area contributed by atoms with E-state index in [1.165, 1.54) is 173 Å². The number of hydrogen-bond acceptors (Lipinski definition) is 6. The van der Waals surface area contributed by atoms with Crippen molar-refractivity contribution in [2.75, 3.05) is 13.2 Å². The third-order valence-corrected chi connectivity index (χ3v) is 10.9. The van der Waals surface area contributed by atoms with Gasteiger partial charge in [0.1, 0.15) is 13.2 Å². The van der Waals surface area contributed by atoms with Crippen molar-refractivity contribution in [3.8, 4) is 0 Å². The highest BCUT2D eigenvalue weighted by Crippen LogP contribution is 2.16. The standard InChI is InChI=1S/C48H92O6/c1-4-7-10-13-16-18-20-21-22-23-24-25-26-27-28-30-33-35-38-41-47(50)53-44-45(54-48(51)42-39-36-31-15-12-9-6-3)43-52-46(49)40-37-34-32-29-19-17-14-11-8-5-2/h45H,4-44H2,1-3H3/t45-/m0/s1. The summed E-state index contributed by atoms with van der Waals surface area (Å²) in [5, 5.41) is 0. The van der Waals surface area contributed by atoms with E-state index < -0.39 is 6.10 Å². The quantitative estimate of drug-likeness (QED) is 0.0349. The van der Waals surface area contributed by atoms with Gasteiger partial charge < -0.3 is 14.2 Å². The van der Waals surface area contributed by atoms with Crippen LogP contribution in [0.4, 0.5) is 0 Å². The molecule has 0 aromatic rings. The topological polar surface area (TPSA) is 78.9 Å². The molecule has 0 saturated carbocycles. The third kappa shape index (κ3) is 41.6. The Labute approximate surface area is 336 Å². The maximum absolute atomic E-state index is 12.6. The molecule has 0 aromatic carbocycles. The minimum atomic E-state index is -0.757. The van der Waals surface area contributed by atoms with Gasteiger partial charge in [-0.25, -0.2) is 0 Å². The molecule has 0 radical (unpaired) electrons. The van der Waals surface area contributed by atoms with Gasteiger partial charge in [-0.2, -0.15) is 0 Å². The highest BCUT2D eigenvalue weighted by molar-refractivity contribution is 5.71. The van der Waals surface area contributed by atoms with Gasteiger partial charge in [0.2, 0.25) is 0 Å². The molecule has 0 spiro atoms. The van der Waals surface area contributed by atoms with Crippen molar-refractivity contribution < 1.29 is 28.6 Å². The molecular formula is C48H92O6. The van der Waals surface area contributed by atoms with E-state index in [0.717, 1.165) is 57.8 Å². The number of carbonyl (C=O) groups is 3. The van der Waals surface area contributed by atoms with Gasteiger partial charge in [-0.1, -0.05) is 233 Å². The normalized spacial score (nSPS) is 11.8. The third-order valence-electron chi connectivity index (χ3n) is 10.9. The number of unbranched alkanes of at least 4 members (excludes halogenated alkanes) is 33. The molecule has 54 heavy (non-hydrogen) atoms. The average molecular weight is 765 g/mol. The van der Waals surface area contributed by atoms with Crippen LogP contribution in [0.5, 0.6) is 0 Å². The summed E-state index contributed by atoms with van der Waals surface area (Å²) in [6.07, 6.45) is 45.3. The van der Waals surface area contributed by atoms with Crippen molar-refractivity contribution in [2.45, 2.75) is 277 Å². The number of carbonyl (C=O) groups excluding carboxylic acids is 3. The maximum Gasteiger partial charge on any atom is 0.306 e. The van der Waals surface area contributed by atoms with Gasteiger partial charge in [0, 0.05) is 19.3 Å². The molecule has 0 aliphatic rings. The van der Waals surface area contributed by atoms with E-state index in [0.29, 0.717) is 19.3 Å². The van der Waals surface area contributed by atoms with Crippen LogP contribution in [0.3, 0.4) is 0 Å². The van der Waals surface area contributed by atoms with E-state index in [2.05, 4.69) is 20.8 Å². The molecule has 0 saturated heterocycles. The fourth-order valence-corrected chi connectivity index (χ4v) is 7.21. The zero-order chi connectivity index (χ0) is 39.4. The second-order valence-electron chi connectivity index (χ2n) is 16.4. The molecule has 0 aliphatic heterocycles. The first-order valence-corrected chi connectivity index (χ1v) is 24.0. The minimum Gasteiger partial charge on any atom is -0.462 e. The average Bonchev–Trinajstić information content (AvgIpc) is 3.17. The fraction of sp³-hybridized carbons (Fsp3) is 0.938. The van der Waals surface area contributed by atoms with Gasteiger partial charge in [-0.05, 0) is 19.3 Å². The lowest BCUT2D eigenvalue weighted by molar-refractivity contribution is -0.167. The van der Waals surface area contributed by atoms with Crippen LogP contribution in [-0.2, 0) is 28.6 Å². The predicted molar refractivity (Wildman–Crippen MR) is 229 cm³/mol. The van der Waals surface area contributed by atoms with Crippen LogP contribution in [0, 0.1) is 0 Å². The van der Waals surface area contributed by atoms with Crippen molar-refractivity contribution in [2.24, 2.45) is 0 Å². The Morgan fingerprint density at radius 3 is 0.741 bits per heavy atom. The number of hydrogen-bond donors (Lipinski definition) is 0. The first kappa shape index (κ1) is 52.4. The van der Waals surface area contributed by atoms with E-state index in [-0.39, 0.29) is 31.1 Å². The molecule has 0 amide bonds. The van der Waals surface area contributed by atoms with Crippen LogP contribution in [0.2, 0.25) is 0 Å². The van der Waals surface area contributed by atoms with Crippen molar-refractivity contribution in [3.63, 3.8) is 0 Å². The molecular weight excluding hydrogens is 673 g/mol. The highest BCUT2D eigenvalue weighted by atomic mass is 16.6. The monoisotopic (exact) mass is 765 g/mol. The molecule has 0 heterocycles. The summed E-state index contributed by atoms with van der Waals surface area (Å²) in [7, 11) is 0. The summed E-state index contributed by atoms with van der Waals surface area (Å²) in [6.45, 7) is 6.61. The maximum atomic E-state index is 12.6. The van der Waals surface area contributed by atoms with Crippen molar-refractivity contribution in [1.82, 2.24) is 0 Å². The van der Waals surface area contributed by atoms with E-state index in [1.807, 2.05) is 0 Å². The SMILES string of the molecule is CCCCCCCCCCCCCCCCCCCCCC(=O)OC[C@H](COC(=O)CCCCCCCCCCCC)OC(=O)CCCCCCCCC. The lowest BCUT2D eigenvalue weighted by atomic mass is 10.0. The largest absolute Gasteiger partial charge is 0.462 e. The number of ether oxygens (including phenoxy) is 3. The van der Waals surface area contributed by atoms with Gasteiger partial charge in [-0.3, -0.25) is 14.4 Å². The van der Waals surface area contributed by atoms with Gasteiger partial charge in [-0.15, -0.1) is 0 Å². The molecule has 0 aliphatic carbocycles.